The minimum absolute atomic E-state index is 0.173. The van der Waals surface area contributed by atoms with Gasteiger partial charge in [-0.25, -0.2) is 0 Å². The van der Waals surface area contributed by atoms with Crippen LogP contribution in [0.25, 0.3) is 0 Å². The quantitative estimate of drug-likeness (QED) is 0.856. The summed E-state index contributed by atoms with van der Waals surface area (Å²) in [7, 11) is 0. The summed E-state index contributed by atoms with van der Waals surface area (Å²) in [6.07, 6.45) is 1.89. The molecule has 1 aliphatic heterocycles. The van der Waals surface area contributed by atoms with E-state index in [1.807, 2.05) is 6.07 Å². The van der Waals surface area contributed by atoms with Gasteiger partial charge >= 0.3 is 6.18 Å². The molecule has 1 atom stereocenters. The first-order valence-electron chi connectivity index (χ1n) is 7.88. The van der Waals surface area contributed by atoms with Crippen molar-refractivity contribution in [1.82, 2.24) is 14.7 Å². The minimum atomic E-state index is -4.51. The van der Waals surface area contributed by atoms with Crippen molar-refractivity contribution in [3.8, 4) is 0 Å². The summed E-state index contributed by atoms with van der Waals surface area (Å²) in [5.74, 6) is 0.455. The van der Waals surface area contributed by atoms with Gasteiger partial charge < -0.3 is 9.32 Å². The number of aromatic nitrogens is 2. The van der Waals surface area contributed by atoms with Crippen LogP contribution in [0.2, 0.25) is 0 Å². The van der Waals surface area contributed by atoms with E-state index in [0.717, 1.165) is 36.4 Å². The van der Waals surface area contributed by atoms with Gasteiger partial charge in [-0.05, 0) is 31.0 Å². The first-order chi connectivity index (χ1) is 11.4. The normalized spacial score (nSPS) is 19.3. The molecule has 5 nitrogen and oxygen atoms in total. The maximum absolute atomic E-state index is 12.6. The summed E-state index contributed by atoms with van der Waals surface area (Å²) < 4.78 is 44.3. The second-order valence-electron chi connectivity index (χ2n) is 5.86. The lowest BCUT2D eigenvalue weighted by molar-refractivity contribution is -0.142. The first kappa shape index (κ1) is 16.6. The Hall–Kier alpha value is -2.25. The molecule has 8 heteroatoms. The molecule has 2 aromatic heterocycles. The topological polar surface area (TPSA) is 51.3 Å². The third-order valence-electron chi connectivity index (χ3n) is 4.17. The fraction of sp³-hybridized carbons (Fsp3) is 0.500. The molecule has 0 saturated carbocycles. The molecule has 1 saturated heterocycles. The highest BCUT2D eigenvalue weighted by atomic mass is 19.4. The largest absolute Gasteiger partial charge is 0.467 e. The first-order valence-corrected chi connectivity index (χ1v) is 7.88. The number of furan rings is 1. The second-order valence-corrected chi connectivity index (χ2v) is 5.86. The Labute approximate surface area is 137 Å². The molecule has 0 aromatic carbocycles. The lowest BCUT2D eigenvalue weighted by Gasteiger charge is -2.28. The predicted molar refractivity (Wildman–Crippen MR) is 78.9 cm³/mol. The van der Waals surface area contributed by atoms with E-state index in [1.165, 1.54) is 6.20 Å². The van der Waals surface area contributed by atoms with Gasteiger partial charge in [0.05, 0.1) is 12.3 Å². The second kappa shape index (κ2) is 6.70. The van der Waals surface area contributed by atoms with Gasteiger partial charge in [-0.2, -0.15) is 18.3 Å². The van der Waals surface area contributed by atoms with E-state index in [1.54, 1.807) is 17.2 Å². The fourth-order valence-corrected chi connectivity index (χ4v) is 3.01. The van der Waals surface area contributed by atoms with Crippen LogP contribution in [-0.2, 0) is 17.5 Å². The number of amides is 1. The van der Waals surface area contributed by atoms with Crippen LogP contribution in [0, 0.1) is 0 Å². The van der Waals surface area contributed by atoms with Crippen molar-refractivity contribution in [1.29, 1.82) is 0 Å². The van der Waals surface area contributed by atoms with Crippen molar-refractivity contribution in [2.24, 2.45) is 0 Å². The number of hydrogen-bond donors (Lipinski definition) is 0. The smallest absolute Gasteiger partial charge is 0.435 e. The van der Waals surface area contributed by atoms with Crippen molar-refractivity contribution >= 4 is 5.91 Å². The van der Waals surface area contributed by atoms with Crippen LogP contribution in [0.5, 0.6) is 0 Å². The Morgan fingerprint density at radius 3 is 2.79 bits per heavy atom. The molecule has 1 amide bonds. The van der Waals surface area contributed by atoms with Gasteiger partial charge in [0.15, 0.2) is 5.69 Å². The van der Waals surface area contributed by atoms with Gasteiger partial charge in [0.2, 0.25) is 5.91 Å². The molecule has 24 heavy (non-hydrogen) atoms. The number of alkyl halides is 3. The highest BCUT2D eigenvalue weighted by Gasteiger charge is 2.34. The third kappa shape index (κ3) is 3.63. The number of carbonyl (C=O) groups is 1. The molecule has 0 aliphatic carbocycles. The minimum Gasteiger partial charge on any atom is -0.467 e. The van der Waals surface area contributed by atoms with Crippen LogP contribution in [0.1, 0.15) is 43.2 Å². The number of hydrogen-bond acceptors (Lipinski definition) is 3. The fourth-order valence-electron chi connectivity index (χ4n) is 3.01. The van der Waals surface area contributed by atoms with Gasteiger partial charge in [-0.15, -0.1) is 0 Å². The van der Waals surface area contributed by atoms with Crippen LogP contribution < -0.4 is 0 Å². The molecule has 3 heterocycles. The van der Waals surface area contributed by atoms with Crippen LogP contribution in [0.15, 0.2) is 35.1 Å². The Morgan fingerprint density at radius 2 is 2.12 bits per heavy atom. The van der Waals surface area contributed by atoms with E-state index in [0.29, 0.717) is 12.3 Å². The summed E-state index contributed by atoms with van der Waals surface area (Å²) in [6.45, 7) is 0.352. The van der Waals surface area contributed by atoms with Gasteiger partial charge in [-0.3, -0.25) is 9.48 Å². The van der Waals surface area contributed by atoms with Crippen LogP contribution in [0.4, 0.5) is 13.2 Å². The highest BCUT2D eigenvalue weighted by molar-refractivity contribution is 5.76. The van der Waals surface area contributed by atoms with Crippen molar-refractivity contribution in [3.63, 3.8) is 0 Å². The molecule has 1 unspecified atom stereocenters. The van der Waals surface area contributed by atoms with Crippen molar-refractivity contribution in [2.45, 2.75) is 44.4 Å². The summed E-state index contributed by atoms with van der Waals surface area (Å²) >= 11 is 0. The molecule has 0 radical (unpaired) electrons. The van der Waals surface area contributed by atoms with Gasteiger partial charge in [0.1, 0.15) is 12.3 Å². The summed E-state index contributed by atoms with van der Waals surface area (Å²) in [4.78, 5) is 14.3. The Morgan fingerprint density at radius 1 is 1.29 bits per heavy atom. The average Bonchev–Trinajstić information content (AvgIpc) is 3.14. The van der Waals surface area contributed by atoms with E-state index in [4.69, 9.17) is 4.42 Å². The SMILES string of the molecule is O=C(Cn1ccc(C(F)(F)F)n1)N1CCCCCC1c1ccco1. The van der Waals surface area contributed by atoms with Crippen molar-refractivity contribution in [3.05, 3.63) is 42.1 Å². The van der Waals surface area contributed by atoms with E-state index < -0.39 is 11.9 Å². The Balaban J connectivity index is 1.75. The van der Waals surface area contributed by atoms with E-state index in [2.05, 4.69) is 5.10 Å². The van der Waals surface area contributed by atoms with Gasteiger partial charge in [0.25, 0.3) is 0 Å². The molecule has 0 bridgehead atoms. The van der Waals surface area contributed by atoms with Crippen LogP contribution in [-0.4, -0.2) is 27.1 Å². The lowest BCUT2D eigenvalue weighted by atomic mass is 10.1. The number of rotatable bonds is 3. The Bertz CT molecular complexity index is 679. The molecule has 0 N–H and O–H groups in total. The zero-order chi connectivity index (χ0) is 17.2. The molecule has 0 spiro atoms. The molecule has 3 rings (SSSR count). The predicted octanol–water partition coefficient (Wildman–Crippen LogP) is 3.64. The van der Waals surface area contributed by atoms with E-state index in [-0.39, 0.29) is 18.5 Å². The van der Waals surface area contributed by atoms with Crippen molar-refractivity contribution in [2.75, 3.05) is 6.54 Å². The number of nitrogens with zero attached hydrogens (tertiary/aromatic N) is 3. The molecule has 1 fully saturated rings. The summed E-state index contributed by atoms with van der Waals surface area (Å²) in [5, 5.41) is 3.45. The third-order valence-corrected chi connectivity index (χ3v) is 4.17. The van der Waals surface area contributed by atoms with Gasteiger partial charge in [0, 0.05) is 12.7 Å². The van der Waals surface area contributed by atoms with Crippen LogP contribution in [0.3, 0.4) is 0 Å². The Kier molecular flexibility index (Phi) is 4.64. The number of carbonyl (C=O) groups excluding carboxylic acids is 1. The standard InChI is InChI=1S/C16H18F3N3O2/c17-16(18,19)14-7-9-21(20-14)11-15(23)22-8-3-1-2-5-12(22)13-6-4-10-24-13/h4,6-7,9-10,12H,1-3,5,8,11H2. The van der Waals surface area contributed by atoms with Crippen molar-refractivity contribution < 1.29 is 22.4 Å². The number of halogens is 3. The maximum Gasteiger partial charge on any atom is 0.435 e. The monoisotopic (exact) mass is 341 g/mol. The van der Waals surface area contributed by atoms with Gasteiger partial charge in [-0.1, -0.05) is 12.8 Å². The molecule has 2 aromatic rings. The van der Waals surface area contributed by atoms with E-state index >= 15 is 0 Å². The molecular formula is C16H18F3N3O2. The number of likely N-dealkylation sites (tertiary alicyclic amines) is 1. The summed E-state index contributed by atoms with van der Waals surface area (Å²) in [5.41, 5.74) is -0.992. The molecular weight excluding hydrogens is 323 g/mol. The average molecular weight is 341 g/mol. The molecule has 130 valence electrons. The zero-order valence-electron chi connectivity index (χ0n) is 13.0. The summed E-state index contributed by atoms with van der Waals surface area (Å²) in [6, 6.07) is 4.30. The van der Waals surface area contributed by atoms with E-state index in [9.17, 15) is 18.0 Å². The van der Waals surface area contributed by atoms with Crippen LogP contribution >= 0.6 is 0 Å². The zero-order valence-corrected chi connectivity index (χ0v) is 13.0. The lowest BCUT2D eigenvalue weighted by Crippen LogP contribution is -2.37. The highest BCUT2D eigenvalue weighted by Crippen LogP contribution is 2.31. The molecule has 1 aliphatic rings. The maximum atomic E-state index is 12.6.